The molecule has 218 valence electrons. The number of nitrogens with two attached hydrogens (primary N) is 1. The van der Waals surface area contributed by atoms with Crippen molar-refractivity contribution in [3.63, 3.8) is 0 Å². The third kappa shape index (κ3) is 5.11. The summed E-state index contributed by atoms with van der Waals surface area (Å²) in [6.45, 7) is 0. The fourth-order valence-corrected chi connectivity index (χ4v) is 6.96. The number of hydrogen-bond donors (Lipinski definition) is 1. The summed E-state index contributed by atoms with van der Waals surface area (Å²) in [4.78, 5) is 4.99. The SMILES string of the molecule is NC(=N/C(=C\CC1=CC=CCC1)c1ccccc1)c1ccc2c(c1)CCc1cc(-n3c4ccccc4c4ccccc43)ccc1-2. The summed E-state index contributed by atoms with van der Waals surface area (Å²) in [7, 11) is 0. The smallest absolute Gasteiger partial charge is 0.131 e. The second-order valence-corrected chi connectivity index (χ2v) is 12.0. The van der Waals surface area contributed by atoms with Gasteiger partial charge in [-0.3, -0.25) is 0 Å². The van der Waals surface area contributed by atoms with E-state index in [1.54, 1.807) is 0 Å². The Hall–Kier alpha value is -5.41. The van der Waals surface area contributed by atoms with E-state index >= 15 is 0 Å². The van der Waals surface area contributed by atoms with Crippen LogP contribution in [0.1, 0.15) is 41.5 Å². The number of allylic oxidation sites excluding steroid dienone is 5. The van der Waals surface area contributed by atoms with Crippen LogP contribution in [-0.2, 0) is 12.8 Å². The molecule has 3 heteroatoms. The number of benzene rings is 5. The molecule has 0 radical (unpaired) electrons. The van der Waals surface area contributed by atoms with Gasteiger partial charge in [0.1, 0.15) is 5.84 Å². The largest absolute Gasteiger partial charge is 0.383 e. The standard InChI is InChI=1S/C42H35N3/c43-42(44-39(30-13-5-2-6-14-30)26-19-29-11-3-1-4-12-29)33-22-24-35-31(27-33)20-21-32-28-34(23-25-36(32)35)45-40-17-9-7-15-37(40)38-16-8-10-18-41(38)45/h1-3,5-11,13-18,22-28H,4,12,19-21H2,(H2,43,44)/b39-26-. The molecule has 0 unspecified atom stereocenters. The number of amidine groups is 1. The van der Waals surface area contributed by atoms with Gasteiger partial charge in [-0.2, -0.15) is 0 Å². The minimum atomic E-state index is 0.554. The molecule has 2 N–H and O–H groups in total. The van der Waals surface area contributed by atoms with Crippen LogP contribution in [0.3, 0.4) is 0 Å². The minimum absolute atomic E-state index is 0.554. The Bertz CT molecular complexity index is 2140. The highest BCUT2D eigenvalue weighted by molar-refractivity contribution is 6.09. The molecule has 0 amide bonds. The van der Waals surface area contributed by atoms with Crippen molar-refractivity contribution in [1.29, 1.82) is 0 Å². The van der Waals surface area contributed by atoms with Crippen LogP contribution in [0.2, 0.25) is 0 Å². The van der Waals surface area contributed by atoms with Crippen LogP contribution in [0.5, 0.6) is 0 Å². The molecule has 1 aromatic heterocycles. The van der Waals surface area contributed by atoms with E-state index in [-0.39, 0.29) is 0 Å². The molecule has 0 bridgehead atoms. The first-order chi connectivity index (χ1) is 22.2. The average molecular weight is 582 g/mol. The quantitative estimate of drug-likeness (QED) is 0.154. The number of aromatic nitrogens is 1. The van der Waals surface area contributed by atoms with Crippen LogP contribution in [0, 0.1) is 0 Å². The van der Waals surface area contributed by atoms with E-state index in [0.29, 0.717) is 5.84 Å². The third-order valence-corrected chi connectivity index (χ3v) is 9.25. The molecule has 5 aromatic carbocycles. The summed E-state index contributed by atoms with van der Waals surface area (Å²) < 4.78 is 2.40. The predicted octanol–water partition coefficient (Wildman–Crippen LogP) is 9.96. The summed E-state index contributed by atoms with van der Waals surface area (Å²) >= 11 is 0. The molecular weight excluding hydrogens is 546 g/mol. The molecular formula is C42H35N3. The maximum atomic E-state index is 6.72. The van der Waals surface area contributed by atoms with Gasteiger partial charge >= 0.3 is 0 Å². The molecule has 8 rings (SSSR count). The Labute approximate surface area is 264 Å². The first kappa shape index (κ1) is 27.2. The number of aliphatic imine (C=N–C) groups is 1. The summed E-state index contributed by atoms with van der Waals surface area (Å²) in [6, 6.07) is 41.3. The molecule has 0 saturated carbocycles. The molecule has 0 aliphatic heterocycles. The van der Waals surface area contributed by atoms with Gasteiger partial charge in [0.15, 0.2) is 0 Å². The average Bonchev–Trinajstić information content (AvgIpc) is 3.44. The molecule has 6 aromatic rings. The van der Waals surface area contributed by atoms with Crippen LogP contribution in [0.15, 0.2) is 150 Å². The van der Waals surface area contributed by atoms with Gasteiger partial charge in [-0.15, -0.1) is 0 Å². The van der Waals surface area contributed by atoms with Crippen molar-refractivity contribution in [2.24, 2.45) is 10.7 Å². The first-order valence-electron chi connectivity index (χ1n) is 15.9. The molecule has 45 heavy (non-hydrogen) atoms. The number of aryl methyl sites for hydroxylation is 2. The number of nitrogens with zero attached hydrogens (tertiary/aromatic N) is 2. The maximum absolute atomic E-state index is 6.72. The lowest BCUT2D eigenvalue weighted by molar-refractivity contribution is 0.925. The fraction of sp³-hybridized carbons (Fsp3) is 0.119. The fourth-order valence-electron chi connectivity index (χ4n) is 6.96. The summed E-state index contributed by atoms with van der Waals surface area (Å²) in [5, 5.41) is 2.58. The topological polar surface area (TPSA) is 43.3 Å². The Morgan fingerprint density at radius 2 is 1.36 bits per heavy atom. The second-order valence-electron chi connectivity index (χ2n) is 12.0. The van der Waals surface area contributed by atoms with Crippen LogP contribution >= 0.6 is 0 Å². The van der Waals surface area contributed by atoms with E-state index in [1.165, 1.54) is 55.3 Å². The van der Waals surface area contributed by atoms with Gasteiger partial charge in [0.05, 0.1) is 16.7 Å². The van der Waals surface area contributed by atoms with Crippen LogP contribution in [0.25, 0.3) is 44.3 Å². The van der Waals surface area contributed by atoms with E-state index in [9.17, 15) is 0 Å². The zero-order valence-corrected chi connectivity index (χ0v) is 25.3. The van der Waals surface area contributed by atoms with Gasteiger partial charge in [0.25, 0.3) is 0 Å². The molecule has 0 fully saturated rings. The Morgan fingerprint density at radius 3 is 2.07 bits per heavy atom. The third-order valence-electron chi connectivity index (χ3n) is 9.25. The lowest BCUT2D eigenvalue weighted by atomic mass is 9.84. The van der Waals surface area contributed by atoms with E-state index in [2.05, 4.69) is 138 Å². The van der Waals surface area contributed by atoms with Gasteiger partial charge in [0, 0.05) is 22.0 Å². The Balaban J connectivity index is 1.13. The van der Waals surface area contributed by atoms with E-state index in [0.717, 1.165) is 48.9 Å². The Morgan fingerprint density at radius 1 is 0.689 bits per heavy atom. The highest BCUT2D eigenvalue weighted by Crippen LogP contribution is 2.38. The minimum Gasteiger partial charge on any atom is -0.383 e. The van der Waals surface area contributed by atoms with Crippen molar-refractivity contribution in [3.05, 3.63) is 167 Å². The van der Waals surface area contributed by atoms with Gasteiger partial charge in [-0.1, -0.05) is 115 Å². The van der Waals surface area contributed by atoms with Crippen molar-refractivity contribution >= 4 is 33.3 Å². The molecule has 0 saturated heterocycles. The molecule has 1 heterocycles. The number of para-hydroxylation sites is 2. The van der Waals surface area contributed by atoms with Crippen molar-refractivity contribution in [2.75, 3.05) is 0 Å². The van der Waals surface area contributed by atoms with Gasteiger partial charge < -0.3 is 10.3 Å². The Kier molecular flexibility index (Phi) is 7.00. The van der Waals surface area contributed by atoms with Gasteiger partial charge in [-0.25, -0.2) is 4.99 Å². The number of hydrogen-bond acceptors (Lipinski definition) is 1. The van der Waals surface area contributed by atoms with E-state index in [4.69, 9.17) is 10.7 Å². The molecule has 2 aliphatic carbocycles. The van der Waals surface area contributed by atoms with Gasteiger partial charge in [-0.05, 0) is 90.3 Å². The molecule has 0 spiro atoms. The molecule has 0 atom stereocenters. The lowest BCUT2D eigenvalue weighted by Gasteiger charge is -2.22. The first-order valence-corrected chi connectivity index (χ1v) is 15.9. The van der Waals surface area contributed by atoms with E-state index < -0.39 is 0 Å². The van der Waals surface area contributed by atoms with Crippen molar-refractivity contribution in [1.82, 2.24) is 4.57 Å². The highest BCUT2D eigenvalue weighted by atomic mass is 15.0. The number of fused-ring (bicyclic) bond motifs is 6. The monoisotopic (exact) mass is 581 g/mol. The van der Waals surface area contributed by atoms with Gasteiger partial charge in [0.2, 0.25) is 0 Å². The summed E-state index contributed by atoms with van der Waals surface area (Å²) in [6.07, 6.45) is 13.9. The van der Waals surface area contributed by atoms with Crippen molar-refractivity contribution < 1.29 is 0 Å². The summed E-state index contributed by atoms with van der Waals surface area (Å²) in [5.41, 5.74) is 20.1. The zero-order chi connectivity index (χ0) is 30.2. The lowest BCUT2D eigenvalue weighted by Crippen LogP contribution is -2.15. The summed E-state index contributed by atoms with van der Waals surface area (Å²) in [5.74, 6) is 0.554. The molecule has 2 aliphatic rings. The highest BCUT2D eigenvalue weighted by Gasteiger charge is 2.19. The molecule has 3 nitrogen and oxygen atoms in total. The predicted molar refractivity (Wildman–Crippen MR) is 190 cm³/mol. The van der Waals surface area contributed by atoms with Crippen LogP contribution in [0.4, 0.5) is 0 Å². The maximum Gasteiger partial charge on any atom is 0.131 e. The van der Waals surface area contributed by atoms with Crippen LogP contribution < -0.4 is 5.73 Å². The van der Waals surface area contributed by atoms with Crippen LogP contribution in [-0.4, -0.2) is 10.4 Å². The van der Waals surface area contributed by atoms with Crippen molar-refractivity contribution in [2.45, 2.75) is 32.1 Å². The number of rotatable bonds is 6. The second kappa shape index (κ2) is 11.6. The van der Waals surface area contributed by atoms with Crippen molar-refractivity contribution in [3.8, 4) is 16.8 Å². The zero-order valence-electron chi connectivity index (χ0n) is 25.3. The normalized spacial score (nSPS) is 14.8. The van der Waals surface area contributed by atoms with E-state index in [1.807, 2.05) is 6.07 Å².